The standard InChI is InChI=1S/C59H74FN9O4S2/c1-43-40-54(22-23-55(43)62-49(42-74-53-12-6-5-7-13-53)24-29-67-30-25-52(70)26-31-67)75(72,73)63-48-18-20-50(21-19-48)68-36-38-69(39-37-68)51-11-8-10-46(41-51)57-56(44(2)65(4)58(57)45-14-16-47(60)17-15-45)59(71)61-27-9-28-66-34-32-64(3)33-35-66/h5-8,10-23,40-41,49,52,62-63,70H,9,24-39,42H2,1-4H3,(H,61,71)/t49-/m1/s1. The second-order valence-electron chi connectivity index (χ2n) is 20.5. The average molecular weight is 1060 g/mol. The minimum Gasteiger partial charge on any atom is -0.393 e. The molecular weight excluding hydrogens is 982 g/mol. The summed E-state index contributed by atoms with van der Waals surface area (Å²) in [6, 6.07) is 38.3. The van der Waals surface area contributed by atoms with Crippen molar-refractivity contribution in [1.29, 1.82) is 0 Å². The van der Waals surface area contributed by atoms with E-state index in [9.17, 15) is 22.7 Å². The number of amides is 1. The predicted molar refractivity (Wildman–Crippen MR) is 306 cm³/mol. The molecule has 4 heterocycles. The summed E-state index contributed by atoms with van der Waals surface area (Å²) < 4.78 is 46.7. The molecule has 0 bridgehead atoms. The smallest absolute Gasteiger partial charge is 0.261 e. The molecule has 0 saturated carbocycles. The number of benzene rings is 5. The highest BCUT2D eigenvalue weighted by molar-refractivity contribution is 7.99. The molecule has 3 saturated heterocycles. The number of aliphatic hydroxyl groups is 1. The highest BCUT2D eigenvalue weighted by Gasteiger charge is 2.28. The molecule has 16 heteroatoms. The fourth-order valence-electron chi connectivity index (χ4n) is 10.6. The minimum absolute atomic E-state index is 0.110. The number of likely N-dealkylation sites (N-methyl/N-ethyl adjacent to an activating group) is 1. The molecule has 1 amide bonds. The Balaban J connectivity index is 0.825. The largest absolute Gasteiger partial charge is 0.393 e. The van der Waals surface area contributed by atoms with E-state index in [4.69, 9.17) is 0 Å². The van der Waals surface area contributed by atoms with Gasteiger partial charge in [-0.25, -0.2) is 12.8 Å². The van der Waals surface area contributed by atoms with Gasteiger partial charge in [0.15, 0.2) is 0 Å². The SMILES string of the molecule is Cc1cc(S(=O)(=O)Nc2ccc(N3CCN(c4cccc(-c5c(C(=O)NCCCN6CCN(C)CC6)c(C)n(C)c5-c5ccc(F)cc5)c4)CC3)cc2)ccc1N[C@H](CCN1CCC(O)CC1)CSc1ccccc1. The number of rotatable bonds is 20. The van der Waals surface area contributed by atoms with Crippen molar-refractivity contribution in [3.8, 4) is 22.4 Å². The van der Waals surface area contributed by atoms with Gasteiger partial charge in [0.2, 0.25) is 0 Å². The first-order valence-electron chi connectivity index (χ1n) is 26.6. The van der Waals surface area contributed by atoms with Crippen LogP contribution in [0.4, 0.5) is 27.1 Å². The number of nitrogens with zero attached hydrogens (tertiary/aromatic N) is 6. The Labute approximate surface area is 448 Å². The molecule has 1 aromatic heterocycles. The van der Waals surface area contributed by atoms with Crippen molar-refractivity contribution in [3.05, 3.63) is 144 Å². The van der Waals surface area contributed by atoms with Crippen LogP contribution in [-0.2, 0) is 17.1 Å². The van der Waals surface area contributed by atoms with E-state index in [0.29, 0.717) is 17.8 Å². The molecule has 13 nitrogen and oxygen atoms in total. The molecule has 3 aliphatic heterocycles. The summed E-state index contributed by atoms with van der Waals surface area (Å²) >= 11 is 1.81. The van der Waals surface area contributed by atoms with E-state index in [-0.39, 0.29) is 28.8 Å². The lowest BCUT2D eigenvalue weighted by molar-refractivity contribution is 0.0817. The van der Waals surface area contributed by atoms with Gasteiger partial charge in [0.1, 0.15) is 5.82 Å². The first-order valence-corrected chi connectivity index (χ1v) is 29.1. The topological polar surface area (TPSA) is 129 Å². The second-order valence-corrected chi connectivity index (χ2v) is 23.3. The van der Waals surface area contributed by atoms with Crippen molar-refractivity contribution in [2.75, 3.05) is 118 Å². The molecule has 3 aliphatic rings. The van der Waals surface area contributed by atoms with Crippen molar-refractivity contribution < 1.29 is 22.7 Å². The van der Waals surface area contributed by atoms with Gasteiger partial charge < -0.3 is 44.8 Å². The van der Waals surface area contributed by atoms with Gasteiger partial charge in [-0.1, -0.05) is 30.3 Å². The summed E-state index contributed by atoms with van der Waals surface area (Å²) in [6.45, 7) is 15.4. The monoisotopic (exact) mass is 1060 g/mol. The van der Waals surface area contributed by atoms with Gasteiger partial charge in [-0.15, -0.1) is 11.8 Å². The Hall–Kier alpha value is -5.88. The molecule has 0 spiro atoms. The van der Waals surface area contributed by atoms with Crippen LogP contribution in [0.3, 0.4) is 0 Å². The molecule has 5 aromatic carbocycles. The third kappa shape index (κ3) is 13.8. The van der Waals surface area contributed by atoms with Crippen LogP contribution in [-0.4, -0.2) is 149 Å². The van der Waals surface area contributed by atoms with Crippen molar-refractivity contribution in [1.82, 2.24) is 24.6 Å². The number of likely N-dealkylation sites (tertiary alicyclic amines) is 1. The van der Waals surface area contributed by atoms with Crippen LogP contribution < -0.4 is 25.2 Å². The van der Waals surface area contributed by atoms with Crippen LogP contribution in [0.15, 0.2) is 131 Å². The highest BCUT2D eigenvalue weighted by atomic mass is 32.2. The zero-order chi connectivity index (χ0) is 52.5. The molecule has 9 rings (SSSR count). The van der Waals surface area contributed by atoms with E-state index < -0.39 is 10.0 Å². The number of anilines is 4. The molecule has 1 atom stereocenters. The first kappa shape index (κ1) is 53.9. The predicted octanol–water partition coefficient (Wildman–Crippen LogP) is 9.03. The number of sulfonamides is 1. The fourth-order valence-corrected chi connectivity index (χ4v) is 12.7. The molecule has 0 unspecified atom stereocenters. The van der Waals surface area contributed by atoms with Crippen molar-refractivity contribution in [2.24, 2.45) is 7.05 Å². The zero-order valence-electron chi connectivity index (χ0n) is 44.0. The maximum atomic E-state index is 14.2. The van der Waals surface area contributed by atoms with Crippen LogP contribution in [0.5, 0.6) is 0 Å². The van der Waals surface area contributed by atoms with Crippen LogP contribution >= 0.6 is 11.8 Å². The van der Waals surface area contributed by atoms with Gasteiger partial charge in [0.25, 0.3) is 15.9 Å². The quantitative estimate of drug-likeness (QED) is 0.0432. The van der Waals surface area contributed by atoms with Gasteiger partial charge in [-0.2, -0.15) is 0 Å². The van der Waals surface area contributed by atoms with Crippen molar-refractivity contribution >= 4 is 50.4 Å². The summed E-state index contributed by atoms with van der Waals surface area (Å²) in [7, 11) is 0.261. The van der Waals surface area contributed by atoms with Crippen LogP contribution in [0.25, 0.3) is 22.4 Å². The molecule has 0 radical (unpaired) electrons. The summed E-state index contributed by atoms with van der Waals surface area (Å²) in [5.74, 6) is 0.438. The Bertz CT molecular complexity index is 2950. The van der Waals surface area contributed by atoms with E-state index in [0.717, 1.165) is 161 Å². The Morgan fingerprint density at radius 3 is 2.11 bits per heavy atom. The summed E-state index contributed by atoms with van der Waals surface area (Å²) in [4.78, 5) is 27.5. The first-order chi connectivity index (χ1) is 36.3. The van der Waals surface area contributed by atoms with Crippen molar-refractivity contribution in [3.63, 3.8) is 0 Å². The number of hydrogen-bond acceptors (Lipinski definition) is 11. The summed E-state index contributed by atoms with van der Waals surface area (Å²) in [5, 5.41) is 17.0. The van der Waals surface area contributed by atoms with Crippen LogP contribution in [0.1, 0.15) is 47.3 Å². The lowest BCUT2D eigenvalue weighted by atomic mass is 9.95. The Kier molecular flexibility index (Phi) is 17.9. The van der Waals surface area contributed by atoms with E-state index >= 15 is 0 Å². The molecule has 4 N–H and O–H groups in total. The number of aryl methyl sites for hydroxylation is 1. The maximum Gasteiger partial charge on any atom is 0.261 e. The molecular formula is C59H74FN9O4S2. The third-order valence-electron chi connectivity index (χ3n) is 15.2. The average Bonchev–Trinajstić information content (AvgIpc) is 3.69. The number of piperazine rings is 2. The van der Waals surface area contributed by atoms with E-state index in [1.807, 2.05) is 75.1 Å². The molecule has 75 heavy (non-hydrogen) atoms. The number of piperidine rings is 1. The number of carbonyl (C=O) groups is 1. The Morgan fingerprint density at radius 1 is 0.733 bits per heavy atom. The summed E-state index contributed by atoms with van der Waals surface area (Å²) in [5.41, 5.74) is 9.26. The number of hydrogen-bond donors (Lipinski definition) is 4. The van der Waals surface area contributed by atoms with Gasteiger partial charge in [-0.3, -0.25) is 9.52 Å². The van der Waals surface area contributed by atoms with E-state index in [1.165, 1.54) is 17.0 Å². The summed E-state index contributed by atoms with van der Waals surface area (Å²) in [6.07, 6.45) is 3.20. The van der Waals surface area contributed by atoms with Crippen LogP contribution in [0.2, 0.25) is 0 Å². The molecule has 6 aromatic rings. The van der Waals surface area contributed by atoms with E-state index in [1.54, 1.807) is 24.3 Å². The number of nitrogens with one attached hydrogen (secondary N) is 3. The Morgan fingerprint density at radius 2 is 1.41 bits per heavy atom. The second kappa shape index (κ2) is 24.9. The highest BCUT2D eigenvalue weighted by Crippen LogP contribution is 2.40. The maximum absolute atomic E-state index is 14.2. The molecule has 3 fully saturated rings. The zero-order valence-corrected chi connectivity index (χ0v) is 45.6. The number of carbonyl (C=O) groups excluding carboxylic acids is 1. The lowest BCUT2D eigenvalue weighted by Gasteiger charge is -2.37. The van der Waals surface area contributed by atoms with Gasteiger partial charge in [0, 0.05) is 136 Å². The van der Waals surface area contributed by atoms with Crippen LogP contribution in [0, 0.1) is 19.7 Å². The van der Waals surface area contributed by atoms with E-state index in [2.05, 4.69) is 93.9 Å². The fraction of sp³-hybridized carbons (Fsp3) is 0.407. The number of aromatic nitrogens is 1. The number of aliphatic hydroxyl groups excluding tert-OH is 1. The lowest BCUT2D eigenvalue weighted by Crippen LogP contribution is -2.46. The van der Waals surface area contributed by atoms with Gasteiger partial charge in [0.05, 0.1) is 22.3 Å². The normalized spacial score (nSPS) is 16.8. The van der Waals surface area contributed by atoms with Gasteiger partial charge >= 0.3 is 0 Å². The number of thioether (sulfide) groups is 1. The number of halogens is 1. The molecule has 0 aliphatic carbocycles. The van der Waals surface area contributed by atoms with Crippen molar-refractivity contribution in [2.45, 2.75) is 61.5 Å². The minimum atomic E-state index is -3.87. The van der Waals surface area contributed by atoms with Gasteiger partial charge in [-0.05, 0) is 161 Å². The third-order valence-corrected chi connectivity index (χ3v) is 17.8. The molecule has 398 valence electrons.